The van der Waals surface area contributed by atoms with Gasteiger partial charge in [-0.15, -0.1) is 5.10 Å². The Morgan fingerprint density at radius 3 is 2.95 bits per heavy atom. The molecular formula is C15H15BrN4O2. The first kappa shape index (κ1) is 14.9. The molecule has 2 aromatic rings. The Balaban J connectivity index is 1.62. The van der Waals surface area contributed by atoms with Crippen LogP contribution >= 0.6 is 15.9 Å². The maximum absolute atomic E-state index is 12.4. The van der Waals surface area contributed by atoms with E-state index >= 15 is 0 Å². The molecule has 1 aliphatic heterocycles. The van der Waals surface area contributed by atoms with Gasteiger partial charge in [0.25, 0.3) is 5.91 Å². The normalized spacial score (nSPS) is 17.5. The summed E-state index contributed by atoms with van der Waals surface area (Å²) >= 11 is 3.33. The molecule has 114 valence electrons. The lowest BCUT2D eigenvalue weighted by molar-refractivity contribution is 0.0770. The fourth-order valence-electron chi connectivity index (χ4n) is 2.34. The molecule has 0 N–H and O–H groups in total. The van der Waals surface area contributed by atoms with E-state index in [1.165, 1.54) is 0 Å². The summed E-state index contributed by atoms with van der Waals surface area (Å²) in [5.74, 6) is 0.462. The average molecular weight is 363 g/mol. The van der Waals surface area contributed by atoms with Gasteiger partial charge in [-0.1, -0.05) is 0 Å². The van der Waals surface area contributed by atoms with E-state index in [1.807, 2.05) is 13.0 Å². The molecule has 1 amide bonds. The number of amides is 1. The molecule has 3 rings (SSSR count). The van der Waals surface area contributed by atoms with Gasteiger partial charge in [0.15, 0.2) is 0 Å². The molecule has 0 bridgehead atoms. The first-order chi connectivity index (χ1) is 10.6. The highest BCUT2D eigenvalue weighted by atomic mass is 79.9. The Bertz CT molecular complexity index is 677. The van der Waals surface area contributed by atoms with Crippen LogP contribution in [0.2, 0.25) is 0 Å². The van der Waals surface area contributed by atoms with Crippen LogP contribution in [0.4, 0.5) is 0 Å². The molecule has 0 aliphatic carbocycles. The van der Waals surface area contributed by atoms with Gasteiger partial charge < -0.3 is 9.64 Å². The Hall–Kier alpha value is -2.02. The minimum absolute atomic E-state index is 0.0325. The number of hydrogen-bond donors (Lipinski definition) is 0. The lowest BCUT2D eigenvalue weighted by atomic mass is 10.2. The summed E-state index contributed by atoms with van der Waals surface area (Å²) in [6, 6.07) is 5.42. The average Bonchev–Trinajstić information content (AvgIpc) is 2.97. The van der Waals surface area contributed by atoms with Gasteiger partial charge in [-0.2, -0.15) is 5.10 Å². The van der Waals surface area contributed by atoms with Crippen LogP contribution in [-0.4, -0.2) is 45.2 Å². The van der Waals surface area contributed by atoms with Gasteiger partial charge in [-0.05, 0) is 35.0 Å². The van der Waals surface area contributed by atoms with Crippen molar-refractivity contribution in [2.45, 2.75) is 19.4 Å². The summed E-state index contributed by atoms with van der Waals surface area (Å²) < 4.78 is 6.57. The second-order valence-electron chi connectivity index (χ2n) is 5.18. The number of carbonyl (C=O) groups excluding carboxylic acids is 1. The van der Waals surface area contributed by atoms with Crippen molar-refractivity contribution in [1.82, 2.24) is 20.1 Å². The zero-order valence-electron chi connectivity index (χ0n) is 12.1. The molecule has 0 aromatic carbocycles. The van der Waals surface area contributed by atoms with Crippen LogP contribution in [0.3, 0.4) is 0 Å². The molecule has 1 fully saturated rings. The highest BCUT2D eigenvalue weighted by molar-refractivity contribution is 9.10. The molecule has 0 radical (unpaired) electrons. The summed E-state index contributed by atoms with van der Waals surface area (Å²) in [5, 5.41) is 7.95. The van der Waals surface area contributed by atoms with E-state index < -0.39 is 0 Å². The third-order valence-corrected chi connectivity index (χ3v) is 3.88. The minimum Gasteiger partial charge on any atom is -0.471 e. The molecule has 7 heteroatoms. The van der Waals surface area contributed by atoms with E-state index in [0.29, 0.717) is 24.5 Å². The highest BCUT2D eigenvalue weighted by Crippen LogP contribution is 2.19. The number of hydrogen-bond acceptors (Lipinski definition) is 5. The van der Waals surface area contributed by atoms with Crippen LogP contribution in [0.1, 0.15) is 22.5 Å². The van der Waals surface area contributed by atoms with Crippen LogP contribution in [0.15, 0.2) is 35.1 Å². The molecule has 3 heterocycles. The Morgan fingerprint density at radius 2 is 2.23 bits per heavy atom. The largest absolute Gasteiger partial charge is 0.471 e. The highest BCUT2D eigenvalue weighted by Gasteiger charge is 2.28. The van der Waals surface area contributed by atoms with Gasteiger partial charge in [0.1, 0.15) is 6.10 Å². The first-order valence-electron chi connectivity index (χ1n) is 6.98. The topological polar surface area (TPSA) is 68.2 Å². The van der Waals surface area contributed by atoms with E-state index in [0.717, 1.165) is 16.6 Å². The Morgan fingerprint density at radius 1 is 1.36 bits per heavy atom. The summed E-state index contributed by atoms with van der Waals surface area (Å²) in [7, 11) is 0. The maximum atomic E-state index is 12.4. The number of likely N-dealkylation sites (tertiary alicyclic amines) is 1. The monoisotopic (exact) mass is 362 g/mol. The summed E-state index contributed by atoms with van der Waals surface area (Å²) in [5.41, 5.74) is 1.42. The number of aryl methyl sites for hydroxylation is 1. The maximum Gasteiger partial charge on any atom is 0.255 e. The number of nitrogens with zero attached hydrogens (tertiary/aromatic N) is 4. The zero-order chi connectivity index (χ0) is 15.5. The summed E-state index contributed by atoms with van der Waals surface area (Å²) in [4.78, 5) is 18.2. The molecule has 1 unspecified atom stereocenters. The van der Waals surface area contributed by atoms with Crippen LogP contribution in [0, 0.1) is 6.92 Å². The number of halogens is 1. The second kappa shape index (κ2) is 6.39. The summed E-state index contributed by atoms with van der Waals surface area (Å²) in [6.07, 6.45) is 3.96. The lowest BCUT2D eigenvalue weighted by Crippen LogP contribution is -2.31. The van der Waals surface area contributed by atoms with Crippen LogP contribution in [0.5, 0.6) is 5.88 Å². The van der Waals surface area contributed by atoms with Gasteiger partial charge in [0.2, 0.25) is 5.88 Å². The molecule has 22 heavy (non-hydrogen) atoms. The standard InChI is InChI=1S/C15H15BrN4O2/c1-10-2-3-14(19-18-10)22-13-4-5-20(9-13)15(21)11-6-12(16)8-17-7-11/h2-3,6-8,13H,4-5,9H2,1H3. The fraction of sp³-hybridized carbons (Fsp3) is 0.333. The van der Waals surface area contributed by atoms with E-state index in [1.54, 1.807) is 29.4 Å². The number of ether oxygens (including phenoxy) is 1. The van der Waals surface area contributed by atoms with E-state index in [4.69, 9.17) is 4.74 Å². The van der Waals surface area contributed by atoms with Crippen LogP contribution < -0.4 is 4.74 Å². The predicted octanol–water partition coefficient (Wildman–Crippen LogP) is 2.24. The van der Waals surface area contributed by atoms with E-state index in [2.05, 4.69) is 31.1 Å². The van der Waals surface area contributed by atoms with Crippen molar-refractivity contribution in [2.24, 2.45) is 0 Å². The molecule has 1 saturated heterocycles. The quantitative estimate of drug-likeness (QED) is 0.837. The number of aromatic nitrogens is 3. The van der Waals surface area contributed by atoms with Gasteiger partial charge in [0, 0.05) is 35.9 Å². The number of pyridine rings is 1. The first-order valence-corrected chi connectivity index (χ1v) is 7.78. The fourth-order valence-corrected chi connectivity index (χ4v) is 2.71. The van der Waals surface area contributed by atoms with Gasteiger partial charge in [-0.25, -0.2) is 0 Å². The summed E-state index contributed by atoms with van der Waals surface area (Å²) in [6.45, 7) is 3.08. The van der Waals surface area contributed by atoms with Crippen molar-refractivity contribution >= 4 is 21.8 Å². The van der Waals surface area contributed by atoms with Crippen molar-refractivity contribution in [3.05, 3.63) is 46.3 Å². The molecule has 2 aromatic heterocycles. The van der Waals surface area contributed by atoms with Gasteiger partial charge in [-0.3, -0.25) is 9.78 Å². The molecular weight excluding hydrogens is 348 g/mol. The number of rotatable bonds is 3. The minimum atomic E-state index is -0.0546. The Labute approximate surface area is 136 Å². The molecule has 0 spiro atoms. The SMILES string of the molecule is Cc1ccc(OC2CCN(C(=O)c3cncc(Br)c3)C2)nn1. The molecule has 1 aliphatic rings. The smallest absolute Gasteiger partial charge is 0.255 e. The van der Waals surface area contributed by atoms with Crippen molar-refractivity contribution in [3.8, 4) is 5.88 Å². The zero-order valence-corrected chi connectivity index (χ0v) is 13.7. The molecule has 0 saturated carbocycles. The third-order valence-electron chi connectivity index (χ3n) is 3.44. The van der Waals surface area contributed by atoms with E-state index in [-0.39, 0.29) is 12.0 Å². The molecule has 1 atom stereocenters. The third kappa shape index (κ3) is 3.41. The second-order valence-corrected chi connectivity index (χ2v) is 6.10. The van der Waals surface area contributed by atoms with Crippen molar-refractivity contribution in [2.75, 3.05) is 13.1 Å². The van der Waals surface area contributed by atoms with E-state index in [9.17, 15) is 4.79 Å². The van der Waals surface area contributed by atoms with Crippen LogP contribution in [-0.2, 0) is 0 Å². The van der Waals surface area contributed by atoms with Crippen molar-refractivity contribution in [1.29, 1.82) is 0 Å². The Kier molecular flexibility index (Phi) is 4.33. The van der Waals surface area contributed by atoms with Crippen molar-refractivity contribution < 1.29 is 9.53 Å². The van der Waals surface area contributed by atoms with Crippen LogP contribution in [0.25, 0.3) is 0 Å². The lowest BCUT2D eigenvalue weighted by Gasteiger charge is -2.16. The number of carbonyl (C=O) groups is 1. The molecule has 6 nitrogen and oxygen atoms in total. The van der Waals surface area contributed by atoms with Gasteiger partial charge in [0.05, 0.1) is 17.8 Å². The van der Waals surface area contributed by atoms with Gasteiger partial charge >= 0.3 is 0 Å². The predicted molar refractivity (Wildman–Crippen MR) is 83.6 cm³/mol. The van der Waals surface area contributed by atoms with Crippen molar-refractivity contribution in [3.63, 3.8) is 0 Å².